The Morgan fingerprint density at radius 3 is 2.25 bits per heavy atom. The molecule has 118 valence electrons. The van der Waals surface area contributed by atoms with E-state index in [0.717, 1.165) is 27.5 Å². The molecule has 4 aromatic rings. The van der Waals surface area contributed by atoms with Gasteiger partial charge in [-0.15, -0.1) is 0 Å². The van der Waals surface area contributed by atoms with Crippen LogP contribution in [0.4, 0.5) is 0 Å². The summed E-state index contributed by atoms with van der Waals surface area (Å²) in [7, 11) is -0.0989. The zero-order chi connectivity index (χ0) is 16.7. The first-order valence-corrected chi connectivity index (χ1v) is 7.74. The Bertz CT molecular complexity index is 1030. The Kier molecular flexibility index (Phi) is 3.52. The molecule has 4 rings (SSSR count). The van der Waals surface area contributed by atoms with E-state index in [9.17, 15) is 10.0 Å². The summed E-state index contributed by atoms with van der Waals surface area (Å²) in [4.78, 5) is 0. The number of hydrogen-bond donors (Lipinski definition) is 2. The molecule has 0 aliphatic heterocycles. The predicted octanol–water partition coefficient (Wildman–Crippen LogP) is 2.47. The standard InChI is InChI=1S/C19H16BNO3/c1-24-17-12-11-15-14-9-5-6-10-16(14)21(13-7-3-2-4-8-13)19(15)18(17)20(22)23/h2-12,22-23H,1H3. The molecule has 0 saturated heterocycles. The SMILES string of the molecule is COc1ccc2c3ccccc3n(-c3ccccc3)c2c1B(O)O. The number of ether oxygens (including phenoxy) is 1. The Morgan fingerprint density at radius 1 is 0.833 bits per heavy atom. The highest BCUT2D eigenvalue weighted by molar-refractivity contribution is 6.63. The number of para-hydroxylation sites is 2. The molecular weight excluding hydrogens is 301 g/mol. The maximum absolute atomic E-state index is 9.99. The molecule has 0 aliphatic rings. The van der Waals surface area contributed by atoms with Gasteiger partial charge in [-0.25, -0.2) is 0 Å². The van der Waals surface area contributed by atoms with E-state index in [0.29, 0.717) is 11.2 Å². The van der Waals surface area contributed by atoms with Crippen molar-refractivity contribution in [2.75, 3.05) is 7.11 Å². The molecule has 0 bridgehead atoms. The molecule has 5 heteroatoms. The highest BCUT2D eigenvalue weighted by atomic mass is 16.5. The van der Waals surface area contributed by atoms with Gasteiger partial charge in [-0.3, -0.25) is 0 Å². The fraction of sp³-hybridized carbons (Fsp3) is 0.0526. The van der Waals surface area contributed by atoms with E-state index in [1.54, 1.807) is 6.07 Å². The zero-order valence-corrected chi connectivity index (χ0v) is 13.2. The first-order valence-electron chi connectivity index (χ1n) is 7.74. The average Bonchev–Trinajstić information content (AvgIpc) is 2.95. The number of hydrogen-bond acceptors (Lipinski definition) is 3. The molecule has 0 aliphatic carbocycles. The third-order valence-electron chi connectivity index (χ3n) is 4.33. The van der Waals surface area contributed by atoms with Gasteiger partial charge < -0.3 is 19.4 Å². The molecule has 0 spiro atoms. The van der Waals surface area contributed by atoms with Crippen LogP contribution in [0.3, 0.4) is 0 Å². The van der Waals surface area contributed by atoms with Crippen LogP contribution in [-0.2, 0) is 0 Å². The quantitative estimate of drug-likeness (QED) is 0.571. The van der Waals surface area contributed by atoms with Crippen LogP contribution in [0.1, 0.15) is 0 Å². The number of methoxy groups -OCH3 is 1. The summed E-state index contributed by atoms with van der Waals surface area (Å²) in [5.41, 5.74) is 3.08. The van der Waals surface area contributed by atoms with Gasteiger partial charge in [0.15, 0.2) is 0 Å². The van der Waals surface area contributed by atoms with Crippen molar-refractivity contribution < 1.29 is 14.8 Å². The fourth-order valence-corrected chi connectivity index (χ4v) is 3.34. The minimum Gasteiger partial charge on any atom is -0.497 e. The molecule has 4 nitrogen and oxygen atoms in total. The van der Waals surface area contributed by atoms with Crippen molar-refractivity contribution in [2.45, 2.75) is 0 Å². The molecular formula is C19H16BNO3. The van der Waals surface area contributed by atoms with E-state index in [1.165, 1.54) is 7.11 Å². The predicted molar refractivity (Wildman–Crippen MR) is 97.2 cm³/mol. The maximum atomic E-state index is 9.99. The second kappa shape index (κ2) is 5.71. The van der Waals surface area contributed by atoms with E-state index >= 15 is 0 Å². The smallest absolute Gasteiger partial charge is 0.494 e. The molecule has 0 amide bonds. The summed E-state index contributed by atoms with van der Waals surface area (Å²) in [6, 6.07) is 21.7. The van der Waals surface area contributed by atoms with Crippen molar-refractivity contribution >= 4 is 34.4 Å². The third kappa shape index (κ3) is 2.10. The molecule has 0 fully saturated rings. The second-order valence-electron chi connectivity index (χ2n) is 5.64. The molecule has 1 heterocycles. The van der Waals surface area contributed by atoms with Crippen LogP contribution < -0.4 is 10.2 Å². The van der Waals surface area contributed by atoms with Gasteiger partial charge in [0.2, 0.25) is 0 Å². The van der Waals surface area contributed by atoms with Gasteiger partial charge in [-0.05, 0) is 30.3 Å². The molecule has 0 saturated carbocycles. The van der Waals surface area contributed by atoms with Crippen LogP contribution in [0, 0.1) is 0 Å². The lowest BCUT2D eigenvalue weighted by molar-refractivity contribution is 0.404. The number of rotatable bonds is 3. The Labute approximate surface area is 139 Å². The second-order valence-corrected chi connectivity index (χ2v) is 5.64. The van der Waals surface area contributed by atoms with Crippen LogP contribution in [-0.4, -0.2) is 28.8 Å². The van der Waals surface area contributed by atoms with Crippen LogP contribution in [0.15, 0.2) is 66.7 Å². The lowest BCUT2D eigenvalue weighted by atomic mass is 9.78. The third-order valence-corrected chi connectivity index (χ3v) is 4.33. The monoisotopic (exact) mass is 317 g/mol. The molecule has 1 aromatic heterocycles. The zero-order valence-electron chi connectivity index (χ0n) is 13.2. The van der Waals surface area contributed by atoms with Gasteiger partial charge >= 0.3 is 7.12 Å². The number of benzene rings is 3. The lowest BCUT2D eigenvalue weighted by Gasteiger charge is -2.13. The first-order chi connectivity index (χ1) is 11.7. The van der Waals surface area contributed by atoms with Crippen molar-refractivity contribution in [3.05, 3.63) is 66.7 Å². The largest absolute Gasteiger partial charge is 0.497 e. The Morgan fingerprint density at radius 2 is 1.54 bits per heavy atom. The van der Waals surface area contributed by atoms with E-state index in [2.05, 4.69) is 0 Å². The summed E-state index contributed by atoms with van der Waals surface area (Å²) >= 11 is 0. The van der Waals surface area contributed by atoms with Crippen molar-refractivity contribution in [2.24, 2.45) is 0 Å². The summed E-state index contributed by atoms with van der Waals surface area (Å²) in [5, 5.41) is 22.0. The van der Waals surface area contributed by atoms with Crippen LogP contribution in [0.2, 0.25) is 0 Å². The molecule has 0 unspecified atom stereocenters. The number of aromatic nitrogens is 1. The topological polar surface area (TPSA) is 54.6 Å². The highest BCUT2D eigenvalue weighted by Crippen LogP contribution is 2.32. The normalized spacial score (nSPS) is 11.1. The van der Waals surface area contributed by atoms with Gasteiger partial charge in [0.1, 0.15) is 5.75 Å². The minimum absolute atomic E-state index is 0.370. The summed E-state index contributed by atoms with van der Waals surface area (Å²) in [5.74, 6) is 0.456. The van der Waals surface area contributed by atoms with E-state index in [-0.39, 0.29) is 0 Å². The molecule has 24 heavy (non-hydrogen) atoms. The van der Waals surface area contributed by atoms with Gasteiger partial charge in [0.05, 0.1) is 18.1 Å². The fourth-order valence-electron chi connectivity index (χ4n) is 3.34. The van der Waals surface area contributed by atoms with Crippen molar-refractivity contribution in [3.63, 3.8) is 0 Å². The van der Waals surface area contributed by atoms with Gasteiger partial charge in [0, 0.05) is 21.9 Å². The molecule has 0 radical (unpaired) electrons. The van der Waals surface area contributed by atoms with Gasteiger partial charge in [-0.1, -0.05) is 36.4 Å². The maximum Gasteiger partial charge on any atom is 0.494 e. The van der Waals surface area contributed by atoms with E-state index in [4.69, 9.17) is 4.74 Å². The van der Waals surface area contributed by atoms with Gasteiger partial charge in [-0.2, -0.15) is 0 Å². The number of nitrogens with zero attached hydrogens (tertiary/aromatic N) is 1. The molecule has 3 aromatic carbocycles. The van der Waals surface area contributed by atoms with E-state index in [1.807, 2.05) is 65.2 Å². The highest BCUT2D eigenvalue weighted by Gasteiger charge is 2.25. The van der Waals surface area contributed by atoms with E-state index < -0.39 is 7.12 Å². The first kappa shape index (κ1) is 14.8. The molecule has 0 atom stereocenters. The number of fused-ring (bicyclic) bond motifs is 3. The summed E-state index contributed by atoms with van der Waals surface area (Å²) < 4.78 is 7.41. The van der Waals surface area contributed by atoms with Crippen molar-refractivity contribution in [3.8, 4) is 11.4 Å². The lowest BCUT2D eigenvalue weighted by Crippen LogP contribution is -2.33. The Balaban J connectivity index is 2.26. The van der Waals surface area contributed by atoms with Crippen molar-refractivity contribution in [1.82, 2.24) is 4.57 Å². The van der Waals surface area contributed by atoms with Crippen LogP contribution in [0.5, 0.6) is 5.75 Å². The average molecular weight is 317 g/mol. The van der Waals surface area contributed by atoms with Crippen LogP contribution in [0.25, 0.3) is 27.5 Å². The minimum atomic E-state index is -1.63. The van der Waals surface area contributed by atoms with Crippen molar-refractivity contribution in [1.29, 1.82) is 0 Å². The summed E-state index contributed by atoms with van der Waals surface area (Å²) in [6.45, 7) is 0. The summed E-state index contributed by atoms with van der Waals surface area (Å²) in [6.07, 6.45) is 0. The Hall–Kier alpha value is -2.76. The van der Waals surface area contributed by atoms with Gasteiger partial charge in [0.25, 0.3) is 0 Å². The molecule has 2 N–H and O–H groups in total. The van der Waals surface area contributed by atoms with Crippen LogP contribution >= 0.6 is 0 Å².